The Kier molecular flexibility index (Phi) is 2.21. The third kappa shape index (κ3) is 1.52. The van der Waals surface area contributed by atoms with Crippen molar-refractivity contribution in [3.05, 3.63) is 36.3 Å². The van der Waals surface area contributed by atoms with Gasteiger partial charge in [-0.15, -0.1) is 0 Å². The molecule has 0 bridgehead atoms. The first kappa shape index (κ1) is 9.85. The predicted octanol–water partition coefficient (Wildman–Crippen LogP) is 2.49. The second-order valence-electron chi connectivity index (χ2n) is 4.68. The lowest BCUT2D eigenvalue weighted by Crippen LogP contribution is -2.28. The summed E-state index contributed by atoms with van der Waals surface area (Å²) in [6.07, 6.45) is 9.05. The van der Waals surface area contributed by atoms with Crippen molar-refractivity contribution in [3.8, 4) is 0 Å². The Hall–Kier alpha value is -1.35. The van der Waals surface area contributed by atoms with Gasteiger partial charge in [-0.1, -0.05) is 25.3 Å². The minimum Gasteiger partial charge on any atom is -0.383 e. The summed E-state index contributed by atoms with van der Waals surface area (Å²) in [5.41, 5.74) is 1.06. The SMILES string of the molecule is OC1(c2cn3ccccc3n2)CCCCC1. The summed E-state index contributed by atoms with van der Waals surface area (Å²) in [5, 5.41) is 10.6. The molecule has 1 aliphatic rings. The van der Waals surface area contributed by atoms with Crippen molar-refractivity contribution in [2.75, 3.05) is 0 Å². The number of hydrogen-bond donors (Lipinski definition) is 1. The Bertz CT molecular complexity index is 464. The van der Waals surface area contributed by atoms with E-state index < -0.39 is 5.60 Å². The van der Waals surface area contributed by atoms with Crippen LogP contribution in [0, 0.1) is 0 Å². The highest BCUT2D eigenvalue weighted by atomic mass is 16.3. The minimum absolute atomic E-state index is 0.690. The van der Waals surface area contributed by atoms with Crippen LogP contribution in [0.5, 0.6) is 0 Å². The zero-order valence-corrected chi connectivity index (χ0v) is 9.26. The van der Waals surface area contributed by atoms with Gasteiger partial charge in [0.2, 0.25) is 0 Å². The average Bonchev–Trinajstić information content (AvgIpc) is 2.74. The molecular weight excluding hydrogens is 200 g/mol. The van der Waals surface area contributed by atoms with E-state index in [-0.39, 0.29) is 0 Å². The van der Waals surface area contributed by atoms with Gasteiger partial charge in [0.15, 0.2) is 0 Å². The molecule has 3 heteroatoms. The molecule has 1 saturated carbocycles. The number of rotatable bonds is 1. The van der Waals surface area contributed by atoms with Crippen LogP contribution in [0.15, 0.2) is 30.6 Å². The third-order valence-corrected chi connectivity index (χ3v) is 3.52. The second-order valence-corrected chi connectivity index (χ2v) is 4.68. The Morgan fingerprint density at radius 3 is 2.75 bits per heavy atom. The summed E-state index contributed by atoms with van der Waals surface area (Å²) in [4.78, 5) is 4.52. The van der Waals surface area contributed by atoms with Gasteiger partial charge < -0.3 is 9.51 Å². The van der Waals surface area contributed by atoms with E-state index in [0.717, 1.165) is 37.0 Å². The number of nitrogens with zero attached hydrogens (tertiary/aromatic N) is 2. The maximum Gasteiger partial charge on any atom is 0.137 e. The van der Waals surface area contributed by atoms with Crippen LogP contribution < -0.4 is 0 Å². The number of hydrogen-bond acceptors (Lipinski definition) is 2. The van der Waals surface area contributed by atoms with Crippen molar-refractivity contribution in [3.63, 3.8) is 0 Å². The van der Waals surface area contributed by atoms with Crippen molar-refractivity contribution in [1.29, 1.82) is 0 Å². The van der Waals surface area contributed by atoms with Crippen LogP contribution in [-0.2, 0) is 5.60 Å². The Labute approximate surface area is 94.7 Å². The van der Waals surface area contributed by atoms with Gasteiger partial charge in [0.25, 0.3) is 0 Å². The molecule has 16 heavy (non-hydrogen) atoms. The molecule has 0 amide bonds. The highest BCUT2D eigenvalue weighted by molar-refractivity contribution is 5.40. The molecule has 84 valence electrons. The molecule has 2 aromatic heterocycles. The summed E-state index contributed by atoms with van der Waals surface area (Å²) >= 11 is 0. The average molecular weight is 216 g/mol. The molecule has 0 aliphatic heterocycles. The number of fused-ring (bicyclic) bond motifs is 1. The van der Waals surface area contributed by atoms with Crippen molar-refractivity contribution < 1.29 is 5.11 Å². The van der Waals surface area contributed by atoms with Gasteiger partial charge in [-0.2, -0.15) is 0 Å². The molecule has 1 fully saturated rings. The quantitative estimate of drug-likeness (QED) is 0.795. The lowest BCUT2D eigenvalue weighted by molar-refractivity contribution is -0.00418. The normalized spacial score (nSPS) is 20.1. The van der Waals surface area contributed by atoms with E-state index in [4.69, 9.17) is 0 Å². The predicted molar refractivity (Wildman–Crippen MR) is 62.2 cm³/mol. The summed E-state index contributed by atoms with van der Waals surface area (Å²) in [5.74, 6) is 0. The van der Waals surface area contributed by atoms with Gasteiger partial charge >= 0.3 is 0 Å². The van der Waals surface area contributed by atoms with E-state index >= 15 is 0 Å². The molecule has 0 saturated heterocycles. The Morgan fingerprint density at radius 2 is 2.00 bits per heavy atom. The van der Waals surface area contributed by atoms with E-state index in [2.05, 4.69) is 4.98 Å². The van der Waals surface area contributed by atoms with E-state index in [0.29, 0.717) is 0 Å². The zero-order valence-electron chi connectivity index (χ0n) is 9.26. The fourth-order valence-corrected chi connectivity index (χ4v) is 2.55. The maximum absolute atomic E-state index is 10.6. The fraction of sp³-hybridized carbons (Fsp3) is 0.462. The highest BCUT2D eigenvalue weighted by Crippen LogP contribution is 2.36. The summed E-state index contributed by atoms with van der Waals surface area (Å²) in [7, 11) is 0. The molecule has 0 aromatic carbocycles. The fourth-order valence-electron chi connectivity index (χ4n) is 2.55. The smallest absolute Gasteiger partial charge is 0.137 e. The number of pyridine rings is 1. The van der Waals surface area contributed by atoms with Crippen molar-refractivity contribution in [1.82, 2.24) is 9.38 Å². The van der Waals surface area contributed by atoms with Crippen LogP contribution in [0.1, 0.15) is 37.8 Å². The number of aromatic nitrogens is 2. The molecule has 0 spiro atoms. The van der Waals surface area contributed by atoms with E-state index in [1.807, 2.05) is 35.0 Å². The molecule has 1 aliphatic carbocycles. The van der Waals surface area contributed by atoms with Gasteiger partial charge in [-0.05, 0) is 25.0 Å². The first-order valence-electron chi connectivity index (χ1n) is 5.95. The van der Waals surface area contributed by atoms with Gasteiger partial charge in [-0.3, -0.25) is 0 Å². The van der Waals surface area contributed by atoms with Crippen molar-refractivity contribution in [2.24, 2.45) is 0 Å². The van der Waals surface area contributed by atoms with Crippen LogP contribution in [0.25, 0.3) is 5.65 Å². The van der Waals surface area contributed by atoms with Gasteiger partial charge in [-0.25, -0.2) is 4.98 Å². The molecule has 2 aromatic rings. The first-order chi connectivity index (χ1) is 7.78. The summed E-state index contributed by atoms with van der Waals surface area (Å²) < 4.78 is 1.97. The topological polar surface area (TPSA) is 37.5 Å². The van der Waals surface area contributed by atoms with Crippen LogP contribution in [0.4, 0.5) is 0 Å². The maximum atomic E-state index is 10.6. The minimum atomic E-state index is -0.690. The number of imidazole rings is 1. The van der Waals surface area contributed by atoms with Gasteiger partial charge in [0.1, 0.15) is 11.2 Å². The summed E-state index contributed by atoms with van der Waals surface area (Å²) in [6, 6.07) is 5.91. The highest BCUT2D eigenvalue weighted by Gasteiger charge is 2.33. The van der Waals surface area contributed by atoms with E-state index in [1.54, 1.807) is 0 Å². The lowest BCUT2D eigenvalue weighted by atomic mass is 9.83. The molecule has 1 N–H and O–H groups in total. The Balaban J connectivity index is 2.04. The van der Waals surface area contributed by atoms with Gasteiger partial charge in [0, 0.05) is 12.4 Å². The zero-order chi connectivity index (χ0) is 11.0. The first-order valence-corrected chi connectivity index (χ1v) is 5.95. The van der Waals surface area contributed by atoms with Gasteiger partial charge in [0.05, 0.1) is 5.69 Å². The number of aliphatic hydroxyl groups is 1. The van der Waals surface area contributed by atoms with Crippen LogP contribution in [-0.4, -0.2) is 14.5 Å². The van der Waals surface area contributed by atoms with Crippen LogP contribution in [0.3, 0.4) is 0 Å². The Morgan fingerprint density at radius 1 is 1.19 bits per heavy atom. The molecule has 3 rings (SSSR count). The van der Waals surface area contributed by atoms with Crippen LogP contribution in [0.2, 0.25) is 0 Å². The third-order valence-electron chi connectivity index (χ3n) is 3.52. The molecule has 0 radical (unpaired) electrons. The molecular formula is C13H16N2O. The lowest BCUT2D eigenvalue weighted by Gasteiger charge is -2.30. The summed E-state index contributed by atoms with van der Waals surface area (Å²) in [6.45, 7) is 0. The standard InChI is InChI=1S/C13H16N2O/c16-13(7-3-1-4-8-13)11-10-15-9-5-2-6-12(15)14-11/h2,5-6,9-10,16H,1,3-4,7-8H2. The van der Waals surface area contributed by atoms with Crippen LogP contribution >= 0.6 is 0 Å². The molecule has 3 nitrogen and oxygen atoms in total. The molecule has 2 heterocycles. The monoisotopic (exact) mass is 216 g/mol. The molecule has 0 atom stereocenters. The van der Waals surface area contributed by atoms with E-state index in [1.165, 1.54) is 6.42 Å². The largest absolute Gasteiger partial charge is 0.383 e. The van der Waals surface area contributed by atoms with Crippen molar-refractivity contribution >= 4 is 5.65 Å². The van der Waals surface area contributed by atoms with E-state index in [9.17, 15) is 5.11 Å². The second kappa shape index (κ2) is 3.59. The van der Waals surface area contributed by atoms with Crippen molar-refractivity contribution in [2.45, 2.75) is 37.7 Å². The molecule has 0 unspecified atom stereocenters.